The Morgan fingerprint density at radius 2 is 1.56 bits per heavy atom. The largest absolute Gasteiger partial charge is 0.394 e. The molecular formula is C11H23N3O4. The van der Waals surface area contributed by atoms with Crippen molar-refractivity contribution in [3.63, 3.8) is 0 Å². The molecule has 4 N–H and O–H groups in total. The molecule has 0 rings (SSSR count). The highest BCUT2D eigenvalue weighted by Crippen LogP contribution is 1.98. The van der Waals surface area contributed by atoms with E-state index in [1.807, 2.05) is 0 Å². The molecule has 0 bridgehead atoms. The van der Waals surface area contributed by atoms with Gasteiger partial charge in [0.05, 0.1) is 12.7 Å². The standard InChI is InChI=1S/C11H23N3O4/c1-12-10(17)3-5-14(7-9(16)8-15)6-4-11(18)13-2/h9,15-16H,3-8H2,1-2H3,(H,12,17)(H,13,18). The highest BCUT2D eigenvalue weighted by Gasteiger charge is 2.13. The molecule has 0 aliphatic carbocycles. The number of nitrogens with zero attached hydrogens (tertiary/aromatic N) is 1. The summed E-state index contributed by atoms with van der Waals surface area (Å²) in [5.41, 5.74) is 0. The minimum Gasteiger partial charge on any atom is -0.394 e. The average Bonchev–Trinajstić information content (AvgIpc) is 2.40. The molecule has 18 heavy (non-hydrogen) atoms. The number of nitrogens with one attached hydrogen (secondary N) is 2. The third-order valence-electron chi connectivity index (χ3n) is 2.55. The number of amides is 2. The lowest BCUT2D eigenvalue weighted by molar-refractivity contribution is -0.121. The summed E-state index contributed by atoms with van der Waals surface area (Å²) in [4.78, 5) is 24.1. The fourth-order valence-corrected chi connectivity index (χ4v) is 1.42. The van der Waals surface area contributed by atoms with E-state index in [1.54, 1.807) is 19.0 Å². The van der Waals surface area contributed by atoms with Crippen molar-refractivity contribution < 1.29 is 19.8 Å². The van der Waals surface area contributed by atoms with Crippen LogP contribution in [-0.4, -0.2) is 73.4 Å². The summed E-state index contributed by atoms with van der Waals surface area (Å²) in [6.45, 7) is 0.780. The van der Waals surface area contributed by atoms with Crippen LogP contribution in [-0.2, 0) is 9.59 Å². The molecule has 0 aromatic carbocycles. The zero-order valence-corrected chi connectivity index (χ0v) is 11.0. The fraction of sp³-hybridized carbons (Fsp3) is 0.818. The van der Waals surface area contributed by atoms with E-state index in [0.29, 0.717) is 25.9 Å². The van der Waals surface area contributed by atoms with Crippen molar-refractivity contribution in [3.8, 4) is 0 Å². The Hall–Kier alpha value is -1.18. The Labute approximate surface area is 107 Å². The molecule has 1 unspecified atom stereocenters. The van der Waals surface area contributed by atoms with Crippen molar-refractivity contribution in [1.29, 1.82) is 0 Å². The van der Waals surface area contributed by atoms with Crippen molar-refractivity contribution in [2.24, 2.45) is 0 Å². The van der Waals surface area contributed by atoms with Crippen molar-refractivity contribution in [3.05, 3.63) is 0 Å². The summed E-state index contributed by atoms with van der Waals surface area (Å²) in [5, 5.41) is 23.2. The van der Waals surface area contributed by atoms with E-state index in [-0.39, 0.29) is 25.0 Å². The van der Waals surface area contributed by atoms with Crippen molar-refractivity contribution >= 4 is 11.8 Å². The molecule has 0 radical (unpaired) electrons. The second-order valence-electron chi connectivity index (χ2n) is 3.98. The fourth-order valence-electron chi connectivity index (χ4n) is 1.42. The maximum Gasteiger partial charge on any atom is 0.221 e. The molecule has 7 nitrogen and oxygen atoms in total. The maximum atomic E-state index is 11.1. The highest BCUT2D eigenvalue weighted by molar-refractivity contribution is 5.76. The first-order valence-electron chi connectivity index (χ1n) is 5.95. The molecule has 0 spiro atoms. The highest BCUT2D eigenvalue weighted by atomic mass is 16.3. The van der Waals surface area contributed by atoms with Crippen LogP contribution in [0.15, 0.2) is 0 Å². The average molecular weight is 261 g/mol. The maximum absolute atomic E-state index is 11.1. The topological polar surface area (TPSA) is 102 Å². The molecule has 0 aliphatic heterocycles. The summed E-state index contributed by atoms with van der Waals surface area (Å²) in [7, 11) is 3.11. The number of aliphatic hydroxyl groups is 2. The van der Waals surface area contributed by atoms with Crippen LogP contribution in [0.3, 0.4) is 0 Å². The number of hydrogen-bond acceptors (Lipinski definition) is 5. The Bertz CT molecular complexity index is 241. The van der Waals surface area contributed by atoms with E-state index in [0.717, 1.165) is 0 Å². The Morgan fingerprint density at radius 1 is 1.11 bits per heavy atom. The van der Waals surface area contributed by atoms with Gasteiger partial charge >= 0.3 is 0 Å². The van der Waals surface area contributed by atoms with Gasteiger partial charge in [-0.2, -0.15) is 0 Å². The van der Waals surface area contributed by atoms with Crippen LogP contribution in [0.2, 0.25) is 0 Å². The number of carbonyl (C=O) groups excluding carboxylic acids is 2. The Balaban J connectivity index is 4.15. The third kappa shape index (κ3) is 7.99. The summed E-state index contributed by atoms with van der Waals surface area (Å²) < 4.78 is 0. The smallest absolute Gasteiger partial charge is 0.221 e. The van der Waals surface area contributed by atoms with Crippen LogP contribution in [0.4, 0.5) is 0 Å². The molecule has 2 amide bonds. The first kappa shape index (κ1) is 16.8. The van der Waals surface area contributed by atoms with Gasteiger partial charge in [0.25, 0.3) is 0 Å². The van der Waals surface area contributed by atoms with Gasteiger partial charge in [-0.05, 0) is 0 Å². The van der Waals surface area contributed by atoms with Gasteiger partial charge in [0.15, 0.2) is 0 Å². The number of rotatable bonds is 9. The summed E-state index contributed by atoms with van der Waals surface area (Å²) in [6, 6.07) is 0. The molecular weight excluding hydrogens is 238 g/mol. The quantitative estimate of drug-likeness (QED) is 0.381. The van der Waals surface area contributed by atoms with Crippen LogP contribution >= 0.6 is 0 Å². The number of carbonyl (C=O) groups is 2. The molecule has 0 aromatic heterocycles. The van der Waals surface area contributed by atoms with Crippen molar-refractivity contribution in [2.75, 3.05) is 40.3 Å². The second-order valence-corrected chi connectivity index (χ2v) is 3.98. The van der Waals surface area contributed by atoms with E-state index < -0.39 is 6.10 Å². The molecule has 106 valence electrons. The molecule has 0 aliphatic rings. The van der Waals surface area contributed by atoms with Crippen molar-refractivity contribution in [1.82, 2.24) is 15.5 Å². The second kappa shape index (κ2) is 9.81. The summed E-state index contributed by atoms with van der Waals surface area (Å²) in [5.74, 6) is -0.197. The lowest BCUT2D eigenvalue weighted by Gasteiger charge is -2.23. The minimum absolute atomic E-state index is 0.0987. The van der Waals surface area contributed by atoms with Gasteiger partial charge in [0, 0.05) is 46.6 Å². The first-order valence-corrected chi connectivity index (χ1v) is 5.95. The Morgan fingerprint density at radius 3 is 1.89 bits per heavy atom. The van der Waals surface area contributed by atoms with Crippen molar-refractivity contribution in [2.45, 2.75) is 18.9 Å². The molecule has 0 heterocycles. The molecule has 1 atom stereocenters. The van der Waals surface area contributed by atoms with Gasteiger partial charge in [0.1, 0.15) is 0 Å². The minimum atomic E-state index is -0.862. The van der Waals surface area contributed by atoms with Gasteiger partial charge in [0.2, 0.25) is 11.8 Å². The lowest BCUT2D eigenvalue weighted by atomic mass is 10.2. The van der Waals surface area contributed by atoms with E-state index in [2.05, 4.69) is 10.6 Å². The molecule has 0 saturated heterocycles. The molecule has 0 fully saturated rings. The predicted octanol–water partition coefficient (Wildman–Crippen LogP) is -2.09. The first-order chi connectivity index (χ1) is 8.53. The van der Waals surface area contributed by atoms with Crippen LogP contribution in [0.5, 0.6) is 0 Å². The molecule has 0 saturated carbocycles. The van der Waals surface area contributed by atoms with Gasteiger partial charge in [-0.1, -0.05) is 0 Å². The number of aliphatic hydroxyl groups excluding tert-OH is 2. The monoisotopic (exact) mass is 261 g/mol. The summed E-state index contributed by atoms with van der Waals surface area (Å²) >= 11 is 0. The van der Waals surface area contributed by atoms with Gasteiger partial charge in [-0.3, -0.25) is 14.5 Å². The van der Waals surface area contributed by atoms with Crippen LogP contribution < -0.4 is 10.6 Å². The third-order valence-corrected chi connectivity index (χ3v) is 2.55. The van der Waals surface area contributed by atoms with Crippen LogP contribution in [0.1, 0.15) is 12.8 Å². The van der Waals surface area contributed by atoms with Crippen LogP contribution in [0.25, 0.3) is 0 Å². The predicted molar refractivity (Wildman–Crippen MR) is 66.9 cm³/mol. The lowest BCUT2D eigenvalue weighted by Crippen LogP contribution is -2.38. The van der Waals surface area contributed by atoms with E-state index in [1.165, 1.54) is 0 Å². The van der Waals surface area contributed by atoms with Gasteiger partial charge in [-0.25, -0.2) is 0 Å². The molecule has 7 heteroatoms. The van der Waals surface area contributed by atoms with E-state index >= 15 is 0 Å². The summed E-state index contributed by atoms with van der Waals surface area (Å²) in [6.07, 6.45) is -0.274. The Kier molecular flexibility index (Phi) is 9.17. The number of hydrogen-bond donors (Lipinski definition) is 4. The zero-order valence-electron chi connectivity index (χ0n) is 11.0. The SMILES string of the molecule is CNC(=O)CCN(CCC(=O)NC)CC(O)CO. The molecule has 0 aromatic rings. The van der Waals surface area contributed by atoms with Gasteiger partial charge < -0.3 is 20.8 Å². The van der Waals surface area contributed by atoms with E-state index in [4.69, 9.17) is 5.11 Å². The zero-order chi connectivity index (χ0) is 14.0. The van der Waals surface area contributed by atoms with E-state index in [9.17, 15) is 14.7 Å². The van der Waals surface area contributed by atoms with Crippen LogP contribution in [0, 0.1) is 0 Å². The van der Waals surface area contributed by atoms with Gasteiger partial charge in [-0.15, -0.1) is 0 Å². The normalized spacial score (nSPS) is 12.3.